The molecule has 32 heavy (non-hydrogen) atoms. The number of esters is 1. The number of aryl methyl sites for hydroxylation is 1. The van der Waals surface area contributed by atoms with Gasteiger partial charge in [0.15, 0.2) is 0 Å². The van der Waals surface area contributed by atoms with Gasteiger partial charge in [-0.05, 0) is 43.3 Å². The average Bonchev–Trinajstić information content (AvgIpc) is 2.79. The fourth-order valence-electron chi connectivity index (χ4n) is 2.81. The lowest BCUT2D eigenvalue weighted by molar-refractivity contribution is -0.112. The Morgan fingerprint density at radius 3 is 2.31 bits per heavy atom. The fraction of sp³-hybridized carbons (Fsp3) is 0.0400. The first-order valence-electron chi connectivity index (χ1n) is 9.52. The predicted octanol–water partition coefficient (Wildman–Crippen LogP) is 4.46. The molecule has 0 aromatic heterocycles. The van der Waals surface area contributed by atoms with Gasteiger partial charge < -0.3 is 15.2 Å². The molecule has 158 valence electrons. The van der Waals surface area contributed by atoms with Crippen molar-refractivity contribution in [1.29, 1.82) is 5.26 Å². The SMILES string of the molecule is Cc1ccc(C(=O)Oc2ccccc2/C=C(\C#N)C(=O)Nc2ccccc2C(=O)O)cc1. The van der Waals surface area contributed by atoms with Crippen molar-refractivity contribution < 1.29 is 24.2 Å². The summed E-state index contributed by atoms with van der Waals surface area (Å²) in [5.41, 5.74) is 1.36. The van der Waals surface area contributed by atoms with E-state index in [2.05, 4.69) is 5.32 Å². The van der Waals surface area contributed by atoms with E-state index in [4.69, 9.17) is 4.74 Å². The first kappa shape index (κ1) is 22.0. The summed E-state index contributed by atoms with van der Waals surface area (Å²) >= 11 is 0. The summed E-state index contributed by atoms with van der Waals surface area (Å²) in [5, 5.41) is 21.2. The molecular formula is C25H18N2O5. The molecule has 0 bridgehead atoms. The van der Waals surface area contributed by atoms with Crippen molar-refractivity contribution in [3.05, 3.63) is 101 Å². The van der Waals surface area contributed by atoms with Gasteiger partial charge in [0, 0.05) is 5.56 Å². The van der Waals surface area contributed by atoms with Gasteiger partial charge in [0.25, 0.3) is 5.91 Å². The number of rotatable bonds is 6. The van der Waals surface area contributed by atoms with E-state index in [-0.39, 0.29) is 22.6 Å². The first-order chi connectivity index (χ1) is 15.4. The Labute approximate surface area is 184 Å². The number of nitrogens with zero attached hydrogens (tertiary/aromatic N) is 1. The van der Waals surface area contributed by atoms with Gasteiger partial charge in [0.2, 0.25) is 0 Å². The molecule has 0 saturated heterocycles. The maximum Gasteiger partial charge on any atom is 0.343 e. The molecule has 0 aliphatic heterocycles. The molecule has 3 aromatic carbocycles. The number of amides is 1. The molecule has 3 aromatic rings. The Bertz CT molecular complexity index is 1250. The second-order valence-electron chi connectivity index (χ2n) is 6.77. The summed E-state index contributed by atoms with van der Waals surface area (Å²) in [5.74, 6) is -2.41. The number of carbonyl (C=O) groups excluding carboxylic acids is 2. The number of nitrogens with one attached hydrogen (secondary N) is 1. The van der Waals surface area contributed by atoms with Crippen LogP contribution in [0.2, 0.25) is 0 Å². The average molecular weight is 426 g/mol. The van der Waals surface area contributed by atoms with E-state index in [1.807, 2.05) is 6.92 Å². The highest BCUT2D eigenvalue weighted by Crippen LogP contribution is 2.23. The number of hydrogen-bond donors (Lipinski definition) is 2. The lowest BCUT2D eigenvalue weighted by Gasteiger charge is -2.09. The van der Waals surface area contributed by atoms with Crippen LogP contribution in [0.5, 0.6) is 5.75 Å². The zero-order valence-electron chi connectivity index (χ0n) is 17.0. The maximum atomic E-state index is 12.6. The third-order valence-electron chi connectivity index (χ3n) is 4.48. The van der Waals surface area contributed by atoms with Crippen LogP contribution >= 0.6 is 0 Å². The Kier molecular flexibility index (Phi) is 6.78. The minimum absolute atomic E-state index is 0.0604. The number of carboxylic acid groups (broad SMARTS) is 1. The van der Waals surface area contributed by atoms with Gasteiger partial charge in [-0.2, -0.15) is 5.26 Å². The van der Waals surface area contributed by atoms with Crippen molar-refractivity contribution in [3.8, 4) is 11.8 Å². The second-order valence-corrected chi connectivity index (χ2v) is 6.77. The van der Waals surface area contributed by atoms with Crippen LogP contribution in [-0.4, -0.2) is 23.0 Å². The van der Waals surface area contributed by atoms with Gasteiger partial charge in [-0.1, -0.05) is 48.0 Å². The van der Waals surface area contributed by atoms with Gasteiger partial charge in [-0.25, -0.2) is 9.59 Å². The van der Waals surface area contributed by atoms with Crippen LogP contribution in [0.4, 0.5) is 5.69 Å². The molecule has 0 unspecified atom stereocenters. The van der Waals surface area contributed by atoms with E-state index < -0.39 is 17.8 Å². The summed E-state index contributed by atoms with van der Waals surface area (Å²) in [6.45, 7) is 1.90. The molecule has 0 fully saturated rings. The maximum absolute atomic E-state index is 12.6. The third kappa shape index (κ3) is 5.26. The van der Waals surface area contributed by atoms with Crippen LogP contribution in [-0.2, 0) is 4.79 Å². The van der Waals surface area contributed by atoms with Crippen molar-refractivity contribution in [2.75, 3.05) is 5.32 Å². The van der Waals surface area contributed by atoms with E-state index in [0.717, 1.165) is 5.56 Å². The molecule has 0 spiro atoms. The molecule has 0 heterocycles. The molecule has 0 saturated carbocycles. The molecule has 2 N–H and O–H groups in total. The Hall–Kier alpha value is -4.70. The zero-order chi connectivity index (χ0) is 23.1. The summed E-state index contributed by atoms with van der Waals surface area (Å²) in [4.78, 5) is 36.4. The van der Waals surface area contributed by atoms with Crippen LogP contribution in [0.3, 0.4) is 0 Å². The largest absolute Gasteiger partial charge is 0.478 e. The number of carbonyl (C=O) groups is 3. The molecule has 0 aliphatic rings. The van der Waals surface area contributed by atoms with E-state index in [1.54, 1.807) is 60.7 Å². The molecular weight excluding hydrogens is 408 g/mol. The molecule has 0 atom stereocenters. The smallest absolute Gasteiger partial charge is 0.343 e. The highest BCUT2D eigenvalue weighted by atomic mass is 16.5. The quantitative estimate of drug-likeness (QED) is 0.260. The zero-order valence-corrected chi connectivity index (χ0v) is 17.0. The lowest BCUT2D eigenvalue weighted by Crippen LogP contribution is -2.16. The number of carboxylic acids is 1. The first-order valence-corrected chi connectivity index (χ1v) is 9.52. The fourth-order valence-corrected chi connectivity index (χ4v) is 2.81. The minimum Gasteiger partial charge on any atom is -0.478 e. The molecule has 3 rings (SSSR count). The number of anilines is 1. The molecule has 7 heteroatoms. The van der Waals surface area contributed by atoms with Crippen LogP contribution in [0, 0.1) is 18.3 Å². The summed E-state index contributed by atoms with van der Waals surface area (Å²) in [6.07, 6.45) is 1.27. The van der Waals surface area contributed by atoms with E-state index in [1.165, 1.54) is 24.3 Å². The van der Waals surface area contributed by atoms with Gasteiger partial charge >= 0.3 is 11.9 Å². The van der Waals surface area contributed by atoms with Crippen molar-refractivity contribution in [2.24, 2.45) is 0 Å². The van der Waals surface area contributed by atoms with Crippen molar-refractivity contribution in [2.45, 2.75) is 6.92 Å². The van der Waals surface area contributed by atoms with Crippen molar-refractivity contribution in [3.63, 3.8) is 0 Å². The number of benzene rings is 3. The van der Waals surface area contributed by atoms with Crippen LogP contribution in [0.1, 0.15) is 31.8 Å². The number of para-hydroxylation sites is 2. The number of nitriles is 1. The molecule has 7 nitrogen and oxygen atoms in total. The van der Waals surface area contributed by atoms with E-state index >= 15 is 0 Å². The van der Waals surface area contributed by atoms with Crippen molar-refractivity contribution in [1.82, 2.24) is 0 Å². The third-order valence-corrected chi connectivity index (χ3v) is 4.48. The summed E-state index contributed by atoms with van der Waals surface area (Å²) in [6, 6.07) is 21.0. The Morgan fingerprint density at radius 1 is 0.969 bits per heavy atom. The van der Waals surface area contributed by atoms with Gasteiger partial charge in [0.1, 0.15) is 17.4 Å². The highest BCUT2D eigenvalue weighted by Gasteiger charge is 2.16. The van der Waals surface area contributed by atoms with Crippen LogP contribution in [0.25, 0.3) is 6.08 Å². The Morgan fingerprint density at radius 2 is 1.62 bits per heavy atom. The normalized spacial score (nSPS) is 10.7. The summed E-state index contributed by atoms with van der Waals surface area (Å²) < 4.78 is 5.46. The highest BCUT2D eigenvalue weighted by molar-refractivity contribution is 6.12. The van der Waals surface area contributed by atoms with E-state index in [9.17, 15) is 24.8 Å². The predicted molar refractivity (Wildman–Crippen MR) is 118 cm³/mol. The number of ether oxygens (including phenoxy) is 1. The number of hydrogen-bond acceptors (Lipinski definition) is 5. The van der Waals surface area contributed by atoms with Gasteiger partial charge in [-0.3, -0.25) is 4.79 Å². The minimum atomic E-state index is -1.21. The molecule has 1 amide bonds. The molecule has 0 aliphatic carbocycles. The lowest BCUT2D eigenvalue weighted by atomic mass is 10.1. The number of aromatic carboxylic acids is 1. The monoisotopic (exact) mass is 426 g/mol. The van der Waals surface area contributed by atoms with Gasteiger partial charge in [0.05, 0.1) is 16.8 Å². The van der Waals surface area contributed by atoms with E-state index in [0.29, 0.717) is 11.1 Å². The summed E-state index contributed by atoms with van der Waals surface area (Å²) in [7, 11) is 0. The van der Waals surface area contributed by atoms with Crippen molar-refractivity contribution >= 4 is 29.6 Å². The second kappa shape index (κ2) is 9.87. The van der Waals surface area contributed by atoms with Crippen LogP contribution in [0.15, 0.2) is 78.4 Å². The molecule has 0 radical (unpaired) electrons. The van der Waals surface area contributed by atoms with Crippen LogP contribution < -0.4 is 10.1 Å². The topological polar surface area (TPSA) is 116 Å². The standard InChI is InChI=1S/C25H18N2O5/c1-16-10-12-17(13-11-16)25(31)32-22-9-5-2-6-18(22)14-19(15-26)23(28)27-21-8-4-3-7-20(21)24(29)30/h2-14H,1H3,(H,27,28)(H,29,30)/b19-14+. The van der Waals surface area contributed by atoms with Gasteiger partial charge in [-0.15, -0.1) is 0 Å². The Balaban J connectivity index is 1.86.